The Bertz CT molecular complexity index is 878. The number of carbonyl (C=O) groups excluding carboxylic acids is 1. The minimum absolute atomic E-state index is 0.0175. The Balaban J connectivity index is 1.74. The Morgan fingerprint density at radius 2 is 2.20 bits per heavy atom. The lowest BCUT2D eigenvalue weighted by Crippen LogP contribution is -2.47. The molecule has 0 spiro atoms. The fourth-order valence-electron chi connectivity index (χ4n) is 5.64. The Hall–Kier alpha value is -1.96. The van der Waals surface area contributed by atoms with Crippen LogP contribution in [-0.2, 0) is 16.1 Å². The number of ether oxygens (including phenoxy) is 1. The normalized spacial score (nSPS) is 27.8. The maximum Gasteiger partial charge on any atom is 0.258 e. The van der Waals surface area contributed by atoms with Crippen LogP contribution < -0.4 is 10.9 Å². The van der Waals surface area contributed by atoms with E-state index in [2.05, 4.69) is 23.2 Å². The van der Waals surface area contributed by atoms with Crippen molar-refractivity contribution in [1.82, 2.24) is 14.8 Å². The highest BCUT2D eigenvalue weighted by atomic mass is 16.5. The molecule has 4 rings (SSSR count). The van der Waals surface area contributed by atoms with Gasteiger partial charge in [0, 0.05) is 50.0 Å². The topological polar surface area (TPSA) is 83.8 Å². The zero-order chi connectivity index (χ0) is 21.3. The van der Waals surface area contributed by atoms with E-state index < -0.39 is 0 Å². The molecular formula is C23H33N3O4. The highest BCUT2D eigenvalue weighted by molar-refractivity contribution is 5.80. The summed E-state index contributed by atoms with van der Waals surface area (Å²) in [7, 11) is 1.61. The van der Waals surface area contributed by atoms with Gasteiger partial charge in [0.25, 0.3) is 5.56 Å². The van der Waals surface area contributed by atoms with E-state index in [1.807, 2.05) is 16.7 Å². The Morgan fingerprint density at radius 1 is 1.37 bits per heavy atom. The second-order valence-corrected chi connectivity index (χ2v) is 8.62. The first kappa shape index (κ1) is 21.3. The number of hydrogen-bond donors (Lipinski definition) is 2. The quantitative estimate of drug-likeness (QED) is 0.630. The molecule has 0 radical (unpaired) electrons. The molecule has 1 amide bonds. The van der Waals surface area contributed by atoms with Crippen molar-refractivity contribution >= 4 is 11.5 Å². The summed E-state index contributed by atoms with van der Waals surface area (Å²) < 4.78 is 6.94. The summed E-state index contributed by atoms with van der Waals surface area (Å²) in [6, 6.07) is 3.77. The minimum Gasteiger partial charge on any atom is -0.396 e. The number of nitrogens with zero attached hydrogens (tertiary/aromatic N) is 2. The van der Waals surface area contributed by atoms with Crippen LogP contribution in [0.15, 0.2) is 23.0 Å². The zero-order valence-corrected chi connectivity index (χ0v) is 18.0. The number of amides is 1. The lowest BCUT2D eigenvalue weighted by atomic mass is 9.86. The standard InChI is InChI=1S/C23H33N3O4/c1-3-11-25-19-13-26-18(9-8-16(23(26)29)15-6-4-5-7-15)21(25)20(17(19)14-27)22(28)24-10-12-30-2/h6,8-9,17,19-21,27H,3-5,7,10-14H2,1-2H3,(H,24,28)/t17-,19-,20+,21+/m1/s1. The van der Waals surface area contributed by atoms with Crippen molar-refractivity contribution in [3.05, 3.63) is 39.8 Å². The van der Waals surface area contributed by atoms with Crippen molar-refractivity contribution in [2.45, 2.75) is 51.2 Å². The Morgan fingerprint density at radius 3 is 2.87 bits per heavy atom. The molecule has 7 nitrogen and oxygen atoms in total. The van der Waals surface area contributed by atoms with Gasteiger partial charge in [-0.05, 0) is 49.9 Å². The first-order valence-electron chi connectivity index (χ1n) is 11.2. The van der Waals surface area contributed by atoms with Crippen molar-refractivity contribution in [1.29, 1.82) is 0 Å². The molecule has 1 aromatic rings. The van der Waals surface area contributed by atoms with E-state index in [1.165, 1.54) is 0 Å². The van der Waals surface area contributed by atoms with Crippen molar-refractivity contribution in [3.8, 4) is 0 Å². The Kier molecular flexibility index (Phi) is 6.41. The average molecular weight is 416 g/mol. The predicted octanol–water partition coefficient (Wildman–Crippen LogP) is 1.55. The minimum atomic E-state index is -0.381. The second-order valence-electron chi connectivity index (χ2n) is 8.62. The molecule has 4 atom stereocenters. The largest absolute Gasteiger partial charge is 0.396 e. The van der Waals surface area contributed by atoms with Gasteiger partial charge in [0.15, 0.2) is 0 Å². The number of fused-ring (bicyclic) bond motifs is 4. The lowest BCUT2D eigenvalue weighted by molar-refractivity contribution is -0.127. The molecule has 2 aliphatic heterocycles. The van der Waals surface area contributed by atoms with Gasteiger partial charge in [-0.1, -0.05) is 13.0 Å². The van der Waals surface area contributed by atoms with Gasteiger partial charge in [0.2, 0.25) is 5.91 Å². The third-order valence-electron chi connectivity index (χ3n) is 6.95. The van der Waals surface area contributed by atoms with Gasteiger partial charge in [0.05, 0.1) is 18.6 Å². The number of aromatic nitrogens is 1. The fourth-order valence-corrected chi connectivity index (χ4v) is 5.64. The molecule has 3 heterocycles. The highest BCUT2D eigenvalue weighted by Gasteiger charge is 2.55. The molecule has 3 aliphatic rings. The number of allylic oxidation sites excluding steroid dienone is 2. The molecule has 1 aliphatic carbocycles. The second kappa shape index (κ2) is 9.04. The van der Waals surface area contributed by atoms with E-state index in [0.717, 1.165) is 49.1 Å². The van der Waals surface area contributed by atoms with E-state index in [-0.39, 0.29) is 42.0 Å². The first-order valence-corrected chi connectivity index (χ1v) is 11.2. The highest BCUT2D eigenvalue weighted by Crippen LogP contribution is 2.48. The molecule has 1 saturated heterocycles. The van der Waals surface area contributed by atoms with Crippen molar-refractivity contribution in [3.63, 3.8) is 0 Å². The van der Waals surface area contributed by atoms with Gasteiger partial charge < -0.3 is 19.7 Å². The summed E-state index contributed by atoms with van der Waals surface area (Å²) >= 11 is 0. The van der Waals surface area contributed by atoms with Crippen molar-refractivity contribution in [2.75, 3.05) is 33.4 Å². The maximum atomic E-state index is 13.4. The van der Waals surface area contributed by atoms with Crippen molar-refractivity contribution < 1.29 is 14.6 Å². The molecule has 2 N–H and O–H groups in total. The van der Waals surface area contributed by atoms with E-state index in [0.29, 0.717) is 19.7 Å². The summed E-state index contributed by atoms with van der Waals surface area (Å²) in [6.45, 7) is 4.31. The average Bonchev–Trinajstić information content (AvgIpc) is 3.33. The number of pyridine rings is 1. The van der Waals surface area contributed by atoms with Crippen LogP contribution in [0.25, 0.3) is 5.57 Å². The molecular weight excluding hydrogens is 382 g/mol. The third kappa shape index (κ3) is 3.53. The van der Waals surface area contributed by atoms with Crippen LogP contribution in [-0.4, -0.2) is 59.9 Å². The molecule has 30 heavy (non-hydrogen) atoms. The number of aliphatic hydroxyl groups excluding tert-OH is 1. The number of aliphatic hydroxyl groups is 1. The molecule has 0 aromatic carbocycles. The van der Waals surface area contributed by atoms with Crippen LogP contribution >= 0.6 is 0 Å². The zero-order valence-electron chi connectivity index (χ0n) is 18.0. The molecule has 2 bridgehead atoms. The third-order valence-corrected chi connectivity index (χ3v) is 6.95. The smallest absolute Gasteiger partial charge is 0.258 e. The van der Waals surface area contributed by atoms with E-state index in [4.69, 9.17) is 4.74 Å². The van der Waals surface area contributed by atoms with Gasteiger partial charge in [-0.3, -0.25) is 14.5 Å². The van der Waals surface area contributed by atoms with Crippen LogP contribution in [0.3, 0.4) is 0 Å². The summed E-state index contributed by atoms with van der Waals surface area (Å²) in [5, 5.41) is 13.2. The molecule has 0 unspecified atom stereocenters. The number of hydrogen-bond acceptors (Lipinski definition) is 5. The molecule has 7 heteroatoms. The van der Waals surface area contributed by atoms with E-state index in [1.54, 1.807) is 7.11 Å². The maximum absolute atomic E-state index is 13.4. The van der Waals surface area contributed by atoms with Gasteiger partial charge in [0.1, 0.15) is 0 Å². The first-order chi connectivity index (χ1) is 14.6. The molecule has 1 aromatic heterocycles. The van der Waals surface area contributed by atoms with Gasteiger partial charge >= 0.3 is 0 Å². The summed E-state index contributed by atoms with van der Waals surface area (Å²) in [5.74, 6) is -0.645. The fraction of sp³-hybridized carbons (Fsp3) is 0.652. The van der Waals surface area contributed by atoms with E-state index >= 15 is 0 Å². The summed E-state index contributed by atoms with van der Waals surface area (Å²) in [5.41, 5.74) is 2.88. The SMILES string of the molecule is CCCN1[C@@H]2Cn3c(ccc(C4=CCCC4)c3=O)[C@H]1[C@@H](C(=O)NCCOC)[C@@H]2CO. The van der Waals surface area contributed by atoms with Crippen LogP contribution in [0, 0.1) is 11.8 Å². The van der Waals surface area contributed by atoms with Crippen LogP contribution in [0.1, 0.15) is 49.9 Å². The number of methoxy groups -OCH3 is 1. The van der Waals surface area contributed by atoms with Crippen molar-refractivity contribution in [2.24, 2.45) is 11.8 Å². The lowest BCUT2D eigenvalue weighted by Gasteiger charge is -2.38. The van der Waals surface area contributed by atoms with Crippen LogP contribution in [0.2, 0.25) is 0 Å². The Labute approximate surface area is 177 Å². The summed E-state index contributed by atoms with van der Waals surface area (Å²) in [4.78, 5) is 28.9. The molecule has 1 fully saturated rings. The summed E-state index contributed by atoms with van der Waals surface area (Å²) in [6.07, 6.45) is 6.21. The van der Waals surface area contributed by atoms with Crippen LogP contribution in [0.4, 0.5) is 0 Å². The number of rotatable bonds is 8. The van der Waals surface area contributed by atoms with Gasteiger partial charge in [-0.15, -0.1) is 0 Å². The predicted molar refractivity (Wildman–Crippen MR) is 115 cm³/mol. The van der Waals surface area contributed by atoms with E-state index in [9.17, 15) is 14.7 Å². The number of nitrogens with one attached hydrogen (secondary N) is 1. The molecule has 164 valence electrons. The van der Waals surface area contributed by atoms with Gasteiger partial charge in [-0.25, -0.2) is 0 Å². The molecule has 0 saturated carbocycles. The van der Waals surface area contributed by atoms with Gasteiger partial charge in [-0.2, -0.15) is 0 Å². The van der Waals surface area contributed by atoms with Crippen LogP contribution in [0.5, 0.6) is 0 Å². The monoisotopic (exact) mass is 415 g/mol. The number of carbonyl (C=O) groups is 1.